The van der Waals surface area contributed by atoms with Crippen molar-refractivity contribution < 1.29 is 9.59 Å². The Morgan fingerprint density at radius 1 is 1.14 bits per heavy atom. The molecule has 112 valence electrons. The van der Waals surface area contributed by atoms with Crippen LogP contribution in [0.15, 0.2) is 42.5 Å². The molecule has 0 aliphatic carbocycles. The average Bonchev–Trinajstić information content (AvgIpc) is 2.51. The van der Waals surface area contributed by atoms with Crippen molar-refractivity contribution in [2.24, 2.45) is 0 Å². The maximum atomic E-state index is 12.8. The topological polar surface area (TPSA) is 49.4 Å². The normalized spacial score (nSPS) is 17.0. The molecule has 1 aliphatic heterocycles. The van der Waals surface area contributed by atoms with E-state index in [4.69, 9.17) is 23.2 Å². The molecule has 0 unspecified atom stereocenters. The number of amides is 2. The number of hydrogen-bond acceptors (Lipinski definition) is 2. The first-order chi connectivity index (χ1) is 10.5. The number of carbonyl (C=O) groups is 2. The summed E-state index contributed by atoms with van der Waals surface area (Å²) < 4.78 is 0. The molecule has 0 saturated carbocycles. The van der Waals surface area contributed by atoms with Crippen molar-refractivity contribution in [2.75, 3.05) is 10.2 Å². The van der Waals surface area contributed by atoms with E-state index in [0.717, 1.165) is 0 Å². The molecule has 1 atom stereocenters. The highest BCUT2D eigenvalue weighted by molar-refractivity contribution is 6.42. The first kappa shape index (κ1) is 14.9. The average molecular weight is 335 g/mol. The zero-order chi connectivity index (χ0) is 15.9. The number of fused-ring (bicyclic) bond motifs is 1. The minimum Gasteiger partial charge on any atom is -0.322 e. The van der Waals surface area contributed by atoms with Crippen molar-refractivity contribution in [3.63, 3.8) is 0 Å². The molecule has 2 aromatic rings. The summed E-state index contributed by atoms with van der Waals surface area (Å²) in [5.41, 5.74) is 1.65. The summed E-state index contributed by atoms with van der Waals surface area (Å²) in [4.78, 5) is 26.4. The van der Waals surface area contributed by atoms with Gasteiger partial charge in [0.1, 0.15) is 6.04 Å². The number of halogens is 2. The second-order valence-electron chi connectivity index (χ2n) is 4.99. The van der Waals surface area contributed by atoms with E-state index in [1.54, 1.807) is 37.3 Å². The fourth-order valence-electron chi connectivity index (χ4n) is 2.41. The zero-order valence-electron chi connectivity index (χ0n) is 11.6. The minimum absolute atomic E-state index is 0.230. The number of para-hydroxylation sites is 2. The van der Waals surface area contributed by atoms with Gasteiger partial charge in [-0.3, -0.25) is 14.5 Å². The number of rotatable bonds is 1. The van der Waals surface area contributed by atoms with Crippen molar-refractivity contribution in [3.8, 4) is 0 Å². The summed E-state index contributed by atoms with van der Waals surface area (Å²) in [6.45, 7) is 1.68. The van der Waals surface area contributed by atoms with E-state index in [2.05, 4.69) is 5.32 Å². The third-order valence-corrected chi connectivity index (χ3v) is 4.31. The largest absolute Gasteiger partial charge is 0.322 e. The van der Waals surface area contributed by atoms with Crippen molar-refractivity contribution >= 4 is 46.4 Å². The summed E-state index contributed by atoms with van der Waals surface area (Å²) in [5, 5.41) is 3.47. The predicted molar refractivity (Wildman–Crippen MR) is 87.8 cm³/mol. The Morgan fingerprint density at radius 2 is 1.86 bits per heavy atom. The molecule has 0 spiro atoms. The summed E-state index contributed by atoms with van der Waals surface area (Å²) >= 11 is 11.9. The van der Waals surface area contributed by atoms with E-state index in [0.29, 0.717) is 27.0 Å². The van der Waals surface area contributed by atoms with E-state index < -0.39 is 6.04 Å². The number of hydrogen-bond donors (Lipinski definition) is 1. The van der Waals surface area contributed by atoms with Gasteiger partial charge in [0.2, 0.25) is 5.91 Å². The maximum Gasteiger partial charge on any atom is 0.259 e. The second kappa shape index (κ2) is 5.63. The Bertz CT molecular complexity index is 776. The van der Waals surface area contributed by atoms with Crippen molar-refractivity contribution in [3.05, 3.63) is 58.1 Å². The quantitative estimate of drug-likeness (QED) is 0.857. The van der Waals surface area contributed by atoms with Crippen LogP contribution in [0.2, 0.25) is 10.0 Å². The first-order valence-corrected chi connectivity index (χ1v) is 7.43. The summed E-state index contributed by atoms with van der Waals surface area (Å²) in [6, 6.07) is 11.2. The molecule has 0 aromatic heterocycles. The molecule has 4 nitrogen and oxygen atoms in total. The lowest BCUT2D eigenvalue weighted by Crippen LogP contribution is -2.49. The Hall–Kier alpha value is -2.04. The molecule has 0 bridgehead atoms. The SMILES string of the molecule is C[C@@H]1C(=O)Nc2ccccc2N1C(=O)c1ccc(Cl)c(Cl)c1. The van der Waals surface area contributed by atoms with Gasteiger partial charge in [0.15, 0.2) is 0 Å². The standard InChI is InChI=1S/C16H12Cl2N2O2/c1-9-15(21)19-13-4-2-3-5-14(13)20(9)16(22)10-6-7-11(17)12(18)8-10/h2-9H,1H3,(H,19,21)/t9-/m1/s1. The van der Waals surface area contributed by atoms with Gasteiger partial charge in [-0.15, -0.1) is 0 Å². The molecule has 0 radical (unpaired) electrons. The van der Waals surface area contributed by atoms with Crippen LogP contribution in [0.3, 0.4) is 0 Å². The van der Waals surface area contributed by atoms with Gasteiger partial charge in [-0.1, -0.05) is 35.3 Å². The summed E-state index contributed by atoms with van der Waals surface area (Å²) in [7, 11) is 0. The van der Waals surface area contributed by atoms with Gasteiger partial charge in [0, 0.05) is 5.56 Å². The van der Waals surface area contributed by atoms with Crippen LogP contribution in [0.25, 0.3) is 0 Å². The molecule has 1 heterocycles. The smallest absolute Gasteiger partial charge is 0.259 e. The number of carbonyl (C=O) groups excluding carboxylic acids is 2. The van der Waals surface area contributed by atoms with Gasteiger partial charge in [-0.25, -0.2) is 0 Å². The monoisotopic (exact) mass is 334 g/mol. The van der Waals surface area contributed by atoms with Gasteiger partial charge in [-0.05, 0) is 37.3 Å². The molecule has 0 fully saturated rings. The maximum absolute atomic E-state index is 12.8. The number of nitrogens with zero attached hydrogens (tertiary/aromatic N) is 1. The molecule has 22 heavy (non-hydrogen) atoms. The Morgan fingerprint density at radius 3 is 2.59 bits per heavy atom. The van der Waals surface area contributed by atoms with Gasteiger partial charge in [-0.2, -0.15) is 0 Å². The van der Waals surface area contributed by atoms with Crippen LogP contribution < -0.4 is 10.2 Å². The van der Waals surface area contributed by atoms with Crippen LogP contribution in [0, 0.1) is 0 Å². The molecule has 0 saturated heterocycles. The highest BCUT2D eigenvalue weighted by Gasteiger charge is 2.34. The summed E-state index contributed by atoms with van der Waals surface area (Å²) in [5.74, 6) is -0.527. The Labute approximate surface area is 137 Å². The van der Waals surface area contributed by atoms with E-state index in [1.165, 1.54) is 11.0 Å². The number of anilines is 2. The molecule has 3 rings (SSSR count). The Balaban J connectivity index is 2.07. The zero-order valence-corrected chi connectivity index (χ0v) is 13.2. The van der Waals surface area contributed by atoms with Gasteiger partial charge in [0.05, 0.1) is 21.4 Å². The van der Waals surface area contributed by atoms with Crippen LogP contribution in [0.1, 0.15) is 17.3 Å². The molecule has 1 aliphatic rings. The van der Waals surface area contributed by atoms with Crippen LogP contribution in [-0.4, -0.2) is 17.9 Å². The minimum atomic E-state index is -0.614. The third-order valence-electron chi connectivity index (χ3n) is 3.57. The fraction of sp³-hybridized carbons (Fsp3) is 0.125. The van der Waals surface area contributed by atoms with Gasteiger partial charge in [0.25, 0.3) is 5.91 Å². The third kappa shape index (κ3) is 2.45. The molecule has 2 amide bonds. The van der Waals surface area contributed by atoms with Crippen molar-refractivity contribution in [1.82, 2.24) is 0 Å². The molecular weight excluding hydrogens is 323 g/mol. The van der Waals surface area contributed by atoms with E-state index in [9.17, 15) is 9.59 Å². The highest BCUT2D eigenvalue weighted by Crippen LogP contribution is 2.33. The molecule has 1 N–H and O–H groups in total. The highest BCUT2D eigenvalue weighted by atomic mass is 35.5. The van der Waals surface area contributed by atoms with Gasteiger partial charge >= 0.3 is 0 Å². The van der Waals surface area contributed by atoms with E-state index >= 15 is 0 Å². The molecular formula is C16H12Cl2N2O2. The van der Waals surface area contributed by atoms with Crippen LogP contribution in [0.4, 0.5) is 11.4 Å². The van der Waals surface area contributed by atoms with E-state index in [-0.39, 0.29) is 11.8 Å². The lowest BCUT2D eigenvalue weighted by Gasteiger charge is -2.34. The van der Waals surface area contributed by atoms with Crippen LogP contribution in [0.5, 0.6) is 0 Å². The molecule has 6 heteroatoms. The molecule has 2 aromatic carbocycles. The fourth-order valence-corrected chi connectivity index (χ4v) is 2.70. The van der Waals surface area contributed by atoms with Crippen molar-refractivity contribution in [2.45, 2.75) is 13.0 Å². The second-order valence-corrected chi connectivity index (χ2v) is 5.80. The van der Waals surface area contributed by atoms with Crippen LogP contribution >= 0.6 is 23.2 Å². The van der Waals surface area contributed by atoms with Gasteiger partial charge < -0.3 is 5.32 Å². The lowest BCUT2D eigenvalue weighted by molar-refractivity contribution is -0.117. The number of benzene rings is 2. The first-order valence-electron chi connectivity index (χ1n) is 6.67. The van der Waals surface area contributed by atoms with E-state index in [1.807, 2.05) is 6.07 Å². The van der Waals surface area contributed by atoms with Crippen molar-refractivity contribution in [1.29, 1.82) is 0 Å². The Kier molecular flexibility index (Phi) is 3.81. The van der Waals surface area contributed by atoms with Crippen LogP contribution in [-0.2, 0) is 4.79 Å². The number of nitrogens with one attached hydrogen (secondary N) is 1. The summed E-state index contributed by atoms with van der Waals surface area (Å²) in [6.07, 6.45) is 0. The predicted octanol–water partition coefficient (Wildman–Crippen LogP) is 3.98. The lowest BCUT2D eigenvalue weighted by atomic mass is 10.1.